The van der Waals surface area contributed by atoms with E-state index in [1.165, 1.54) is 18.1 Å². The first kappa shape index (κ1) is 15.5. The smallest absolute Gasteiger partial charge is 0.305 e. The van der Waals surface area contributed by atoms with Gasteiger partial charge in [-0.05, 0) is 24.1 Å². The molecule has 0 amide bonds. The topological polar surface area (TPSA) is 56.1 Å². The van der Waals surface area contributed by atoms with Gasteiger partial charge in [0.05, 0.1) is 7.11 Å². The third kappa shape index (κ3) is 4.04. The minimum atomic E-state index is -0.166. The number of rotatable bonds is 7. The summed E-state index contributed by atoms with van der Waals surface area (Å²) in [6, 6.07) is 4.50. The summed E-state index contributed by atoms with van der Waals surface area (Å²) in [6.45, 7) is 5.86. The van der Waals surface area contributed by atoms with Gasteiger partial charge in [0.1, 0.15) is 5.65 Å². The number of methoxy groups -OCH3 is 1. The van der Waals surface area contributed by atoms with E-state index in [4.69, 9.17) is 0 Å². The van der Waals surface area contributed by atoms with Crippen LogP contribution in [0.4, 0.5) is 0 Å². The minimum Gasteiger partial charge on any atom is -0.469 e. The summed E-state index contributed by atoms with van der Waals surface area (Å²) in [7, 11) is 1.42. The zero-order valence-electron chi connectivity index (χ0n) is 12.9. The number of hydrogen-bond donors (Lipinski definition) is 1. The maximum Gasteiger partial charge on any atom is 0.305 e. The molecule has 0 bridgehead atoms. The Morgan fingerprint density at radius 1 is 1.48 bits per heavy atom. The molecule has 0 saturated carbocycles. The molecule has 2 heterocycles. The molecule has 0 saturated heterocycles. The number of nitrogens with one attached hydrogen (secondary N) is 1. The highest BCUT2D eigenvalue weighted by Crippen LogP contribution is 2.20. The van der Waals surface area contributed by atoms with Gasteiger partial charge in [-0.2, -0.15) is 0 Å². The lowest BCUT2D eigenvalue weighted by Crippen LogP contribution is -2.21. The Hall–Kier alpha value is -1.88. The molecule has 1 N–H and O–H groups in total. The van der Waals surface area contributed by atoms with Crippen molar-refractivity contribution in [1.29, 1.82) is 0 Å². The van der Waals surface area contributed by atoms with E-state index in [1.807, 2.05) is 6.07 Å². The number of pyridine rings is 1. The highest BCUT2D eigenvalue weighted by atomic mass is 16.5. The van der Waals surface area contributed by atoms with Crippen molar-refractivity contribution in [3.8, 4) is 0 Å². The van der Waals surface area contributed by atoms with Gasteiger partial charge in [-0.3, -0.25) is 4.79 Å². The van der Waals surface area contributed by atoms with Crippen LogP contribution in [-0.4, -0.2) is 28.7 Å². The first-order valence-electron chi connectivity index (χ1n) is 7.34. The molecule has 2 rings (SSSR count). The highest BCUT2D eigenvalue weighted by molar-refractivity contribution is 5.80. The molecule has 21 heavy (non-hydrogen) atoms. The molecule has 0 aromatic carbocycles. The third-order valence-electron chi connectivity index (χ3n) is 3.42. The van der Waals surface area contributed by atoms with Crippen molar-refractivity contribution in [3.63, 3.8) is 0 Å². The summed E-state index contributed by atoms with van der Waals surface area (Å²) < 4.78 is 6.79. The van der Waals surface area contributed by atoms with Crippen LogP contribution in [0.3, 0.4) is 0 Å². The van der Waals surface area contributed by atoms with Crippen LogP contribution < -0.4 is 5.32 Å². The van der Waals surface area contributed by atoms with E-state index in [0.29, 0.717) is 12.5 Å². The molecule has 0 spiro atoms. The number of carbonyl (C=O) groups excluding carboxylic acids is 1. The molecule has 0 unspecified atom stereocenters. The summed E-state index contributed by atoms with van der Waals surface area (Å²) in [4.78, 5) is 15.7. The molecule has 2 aromatic rings. The van der Waals surface area contributed by atoms with Crippen molar-refractivity contribution in [2.24, 2.45) is 0 Å². The summed E-state index contributed by atoms with van der Waals surface area (Å²) in [5.74, 6) is -0.166. The van der Waals surface area contributed by atoms with Gasteiger partial charge in [0, 0.05) is 43.3 Å². The Bertz CT molecular complexity index is 605. The lowest BCUT2D eigenvalue weighted by Gasteiger charge is -2.06. The van der Waals surface area contributed by atoms with E-state index in [0.717, 1.165) is 25.2 Å². The van der Waals surface area contributed by atoms with Gasteiger partial charge in [0.15, 0.2) is 0 Å². The fourth-order valence-corrected chi connectivity index (χ4v) is 2.32. The summed E-state index contributed by atoms with van der Waals surface area (Å²) >= 11 is 0. The van der Waals surface area contributed by atoms with E-state index in [2.05, 4.69) is 45.7 Å². The Balaban J connectivity index is 2.13. The zero-order valence-corrected chi connectivity index (χ0v) is 12.9. The van der Waals surface area contributed by atoms with Gasteiger partial charge >= 0.3 is 5.97 Å². The van der Waals surface area contributed by atoms with Crippen molar-refractivity contribution in [1.82, 2.24) is 14.9 Å². The number of esters is 1. The lowest BCUT2D eigenvalue weighted by molar-refractivity contribution is -0.140. The van der Waals surface area contributed by atoms with Crippen LogP contribution in [0.1, 0.15) is 32.3 Å². The molecule has 114 valence electrons. The number of aryl methyl sites for hydroxylation is 1. The predicted octanol–water partition coefficient (Wildman–Crippen LogP) is 2.49. The second kappa shape index (κ2) is 7.22. The molecule has 0 aliphatic rings. The highest BCUT2D eigenvalue weighted by Gasteiger charge is 2.10. The Morgan fingerprint density at radius 2 is 2.29 bits per heavy atom. The monoisotopic (exact) mass is 289 g/mol. The van der Waals surface area contributed by atoms with E-state index in [9.17, 15) is 4.79 Å². The first-order chi connectivity index (χ1) is 10.1. The van der Waals surface area contributed by atoms with Crippen LogP contribution in [0.5, 0.6) is 0 Å². The largest absolute Gasteiger partial charge is 0.469 e. The molecule has 2 aromatic heterocycles. The molecule has 0 radical (unpaired) electrons. The average molecular weight is 289 g/mol. The molecule has 5 nitrogen and oxygen atoms in total. The Morgan fingerprint density at radius 3 is 3.00 bits per heavy atom. The molecule has 5 heteroatoms. The molecule has 0 aliphatic heterocycles. The van der Waals surface area contributed by atoms with Crippen LogP contribution in [-0.2, 0) is 22.6 Å². The number of hydrogen-bond acceptors (Lipinski definition) is 4. The number of carbonyl (C=O) groups is 1. The van der Waals surface area contributed by atoms with Crippen molar-refractivity contribution >= 4 is 17.0 Å². The first-order valence-corrected chi connectivity index (χ1v) is 7.34. The average Bonchev–Trinajstić information content (AvgIpc) is 2.83. The molecule has 0 aliphatic carbocycles. The van der Waals surface area contributed by atoms with Gasteiger partial charge < -0.3 is 14.6 Å². The van der Waals surface area contributed by atoms with Gasteiger partial charge in [-0.15, -0.1) is 0 Å². The van der Waals surface area contributed by atoms with Crippen molar-refractivity contribution in [2.45, 2.75) is 45.8 Å². The standard InChI is InChI=1S/C16H23N3O2/c1-12(2)18-10-13-11-19(9-5-7-15(20)21-3)16-14(13)6-4-8-17-16/h4,6,8,11-12,18H,5,7,9-10H2,1-3H3. The zero-order chi connectivity index (χ0) is 15.2. The van der Waals surface area contributed by atoms with Crippen LogP contribution >= 0.6 is 0 Å². The number of ether oxygens (including phenoxy) is 1. The fraction of sp³-hybridized carbons (Fsp3) is 0.500. The SMILES string of the molecule is COC(=O)CCCn1cc(CNC(C)C)c2cccnc21. The van der Waals surface area contributed by atoms with E-state index >= 15 is 0 Å². The van der Waals surface area contributed by atoms with Crippen LogP contribution in [0, 0.1) is 0 Å². The van der Waals surface area contributed by atoms with Gasteiger partial charge in [-0.1, -0.05) is 13.8 Å². The third-order valence-corrected chi connectivity index (χ3v) is 3.42. The van der Waals surface area contributed by atoms with Crippen LogP contribution in [0.15, 0.2) is 24.5 Å². The van der Waals surface area contributed by atoms with Crippen molar-refractivity contribution in [2.75, 3.05) is 7.11 Å². The van der Waals surface area contributed by atoms with Crippen molar-refractivity contribution in [3.05, 3.63) is 30.1 Å². The van der Waals surface area contributed by atoms with Crippen LogP contribution in [0.2, 0.25) is 0 Å². The molecular weight excluding hydrogens is 266 g/mol. The Labute approximate surface area is 125 Å². The van der Waals surface area contributed by atoms with Crippen LogP contribution in [0.25, 0.3) is 11.0 Å². The summed E-state index contributed by atoms with van der Waals surface area (Å²) in [6.07, 6.45) is 5.12. The van der Waals surface area contributed by atoms with E-state index in [1.54, 1.807) is 6.20 Å². The normalized spacial score (nSPS) is 11.2. The summed E-state index contributed by atoms with van der Waals surface area (Å²) in [5, 5.41) is 4.61. The maximum atomic E-state index is 11.2. The second-order valence-electron chi connectivity index (χ2n) is 5.44. The van der Waals surface area contributed by atoms with E-state index < -0.39 is 0 Å². The maximum absolute atomic E-state index is 11.2. The lowest BCUT2D eigenvalue weighted by atomic mass is 10.2. The van der Waals surface area contributed by atoms with Crippen molar-refractivity contribution < 1.29 is 9.53 Å². The van der Waals surface area contributed by atoms with Gasteiger partial charge in [0.25, 0.3) is 0 Å². The Kier molecular flexibility index (Phi) is 5.33. The molecular formula is C16H23N3O2. The quantitative estimate of drug-likeness (QED) is 0.796. The number of nitrogens with zero attached hydrogens (tertiary/aromatic N) is 2. The molecule has 0 atom stereocenters. The van der Waals surface area contributed by atoms with Gasteiger partial charge in [0.2, 0.25) is 0 Å². The second-order valence-corrected chi connectivity index (χ2v) is 5.44. The van der Waals surface area contributed by atoms with E-state index in [-0.39, 0.29) is 5.97 Å². The summed E-state index contributed by atoms with van der Waals surface area (Å²) in [5.41, 5.74) is 2.22. The fourth-order valence-electron chi connectivity index (χ4n) is 2.32. The van der Waals surface area contributed by atoms with Gasteiger partial charge in [-0.25, -0.2) is 4.98 Å². The minimum absolute atomic E-state index is 0.166. The number of fused-ring (bicyclic) bond motifs is 1. The number of aromatic nitrogens is 2. The molecule has 0 fully saturated rings. The predicted molar refractivity (Wildman–Crippen MR) is 83.0 cm³/mol.